The number of piperidine rings is 1. The molecule has 6 nitrogen and oxygen atoms in total. The maximum atomic E-state index is 12.1. The molecule has 1 aromatic carbocycles. The molecule has 0 aliphatic carbocycles. The summed E-state index contributed by atoms with van der Waals surface area (Å²) in [6.07, 6.45) is 2.59. The number of amides is 1. The van der Waals surface area contributed by atoms with Crippen LogP contribution in [0.2, 0.25) is 0 Å². The Morgan fingerprint density at radius 2 is 2.08 bits per heavy atom. The summed E-state index contributed by atoms with van der Waals surface area (Å²) in [5, 5.41) is 15.0. The average Bonchev–Trinajstić information content (AvgIpc) is 3.11. The molecule has 26 heavy (non-hydrogen) atoms. The largest absolute Gasteiger partial charge is 0.348 e. The van der Waals surface area contributed by atoms with Gasteiger partial charge in [0.05, 0.1) is 10.5 Å². The summed E-state index contributed by atoms with van der Waals surface area (Å²) in [4.78, 5) is 24.8. The van der Waals surface area contributed by atoms with Gasteiger partial charge in [0.25, 0.3) is 5.91 Å². The molecule has 1 atom stereocenters. The number of thiophene rings is 1. The molecule has 0 spiro atoms. The van der Waals surface area contributed by atoms with E-state index in [-0.39, 0.29) is 10.9 Å². The molecule has 1 aliphatic rings. The Morgan fingerprint density at radius 1 is 1.35 bits per heavy atom. The number of likely N-dealkylation sites (tertiary alicyclic amines) is 1. The number of benzene rings is 1. The molecule has 2 aromatic rings. The smallest absolute Gasteiger partial charge is 0.324 e. The fraction of sp³-hybridized carbons (Fsp3) is 0.421. The second-order valence-corrected chi connectivity index (χ2v) is 7.80. The van der Waals surface area contributed by atoms with Crippen LogP contribution in [-0.4, -0.2) is 28.8 Å². The standard InChI is InChI=1S/C19H23N3O3S/c1-14-3-2-8-21(11-14)12-16-6-4-15(5-7-16)10-20-19(23)17-9-18(22(24)25)26-13-17/h4-7,9,13-14H,2-3,8,10-12H2,1H3,(H,20,23). The van der Waals surface area contributed by atoms with Crippen molar-refractivity contribution in [1.29, 1.82) is 0 Å². The van der Waals surface area contributed by atoms with Crippen LogP contribution in [0.25, 0.3) is 0 Å². The highest BCUT2D eigenvalue weighted by molar-refractivity contribution is 7.13. The van der Waals surface area contributed by atoms with Crippen molar-refractivity contribution in [3.05, 3.63) is 62.5 Å². The first-order valence-corrected chi connectivity index (χ1v) is 9.70. The quantitative estimate of drug-likeness (QED) is 0.617. The number of hydrogen-bond donors (Lipinski definition) is 1. The lowest BCUT2D eigenvalue weighted by molar-refractivity contribution is -0.380. The molecule has 3 rings (SSSR count). The molecule has 1 aromatic heterocycles. The lowest BCUT2D eigenvalue weighted by Crippen LogP contribution is -2.33. The highest BCUT2D eigenvalue weighted by Crippen LogP contribution is 2.22. The normalized spacial score (nSPS) is 17.8. The number of carbonyl (C=O) groups is 1. The van der Waals surface area contributed by atoms with E-state index < -0.39 is 4.92 Å². The van der Waals surface area contributed by atoms with E-state index in [1.165, 1.54) is 29.9 Å². The molecular formula is C19H23N3O3S. The lowest BCUT2D eigenvalue weighted by Gasteiger charge is -2.30. The number of carbonyl (C=O) groups excluding carboxylic acids is 1. The van der Waals surface area contributed by atoms with E-state index in [0.717, 1.165) is 42.5 Å². The third-order valence-electron chi connectivity index (χ3n) is 4.65. The third-order valence-corrected chi connectivity index (χ3v) is 5.53. The summed E-state index contributed by atoms with van der Waals surface area (Å²) >= 11 is 0.962. The van der Waals surface area contributed by atoms with Crippen molar-refractivity contribution in [3.8, 4) is 0 Å². The third kappa shape index (κ3) is 4.89. The first kappa shape index (κ1) is 18.5. The van der Waals surface area contributed by atoms with Gasteiger partial charge in [-0.05, 0) is 36.4 Å². The van der Waals surface area contributed by atoms with Crippen LogP contribution in [0, 0.1) is 16.0 Å². The first-order valence-electron chi connectivity index (χ1n) is 8.82. The van der Waals surface area contributed by atoms with Crippen LogP contribution in [-0.2, 0) is 13.1 Å². The van der Waals surface area contributed by atoms with Crippen molar-refractivity contribution >= 4 is 22.2 Å². The van der Waals surface area contributed by atoms with Crippen molar-refractivity contribution in [2.24, 2.45) is 5.92 Å². The van der Waals surface area contributed by atoms with E-state index in [4.69, 9.17) is 0 Å². The summed E-state index contributed by atoms with van der Waals surface area (Å²) < 4.78 is 0. The van der Waals surface area contributed by atoms with E-state index in [0.29, 0.717) is 12.1 Å². The van der Waals surface area contributed by atoms with Crippen molar-refractivity contribution in [3.63, 3.8) is 0 Å². The second-order valence-electron chi connectivity index (χ2n) is 6.91. The predicted octanol–water partition coefficient (Wildman–Crippen LogP) is 3.82. The number of nitro groups is 1. The average molecular weight is 373 g/mol. The van der Waals surface area contributed by atoms with Gasteiger partial charge in [0.1, 0.15) is 0 Å². The van der Waals surface area contributed by atoms with Gasteiger partial charge >= 0.3 is 5.00 Å². The number of nitrogens with one attached hydrogen (secondary N) is 1. The van der Waals surface area contributed by atoms with Crippen molar-refractivity contribution in [2.75, 3.05) is 13.1 Å². The van der Waals surface area contributed by atoms with Gasteiger partial charge < -0.3 is 5.32 Å². The Labute approximate surface area is 157 Å². The van der Waals surface area contributed by atoms with Crippen LogP contribution < -0.4 is 5.32 Å². The summed E-state index contributed by atoms with van der Waals surface area (Å²) in [5.41, 5.74) is 2.62. The highest BCUT2D eigenvalue weighted by Gasteiger charge is 2.16. The van der Waals surface area contributed by atoms with Crippen LogP contribution in [0.1, 0.15) is 41.3 Å². The molecule has 2 heterocycles. The molecule has 7 heteroatoms. The Kier molecular flexibility index (Phi) is 6.00. The second kappa shape index (κ2) is 8.42. The van der Waals surface area contributed by atoms with Crippen molar-refractivity contribution in [1.82, 2.24) is 10.2 Å². The van der Waals surface area contributed by atoms with E-state index in [1.807, 2.05) is 12.1 Å². The zero-order valence-electron chi connectivity index (χ0n) is 14.8. The molecule has 1 aliphatic heterocycles. The number of nitrogens with zero attached hydrogens (tertiary/aromatic N) is 2. The van der Waals surface area contributed by atoms with E-state index >= 15 is 0 Å². The first-order chi connectivity index (χ1) is 12.5. The number of rotatable bonds is 6. The van der Waals surface area contributed by atoms with Crippen LogP contribution in [0.3, 0.4) is 0 Å². The van der Waals surface area contributed by atoms with Crippen LogP contribution in [0.4, 0.5) is 5.00 Å². The van der Waals surface area contributed by atoms with Gasteiger partial charge in [0, 0.05) is 31.1 Å². The van der Waals surface area contributed by atoms with Crippen LogP contribution >= 0.6 is 11.3 Å². The molecule has 0 bridgehead atoms. The summed E-state index contributed by atoms with van der Waals surface area (Å²) in [6, 6.07) is 9.58. The SMILES string of the molecule is CC1CCCN(Cc2ccc(CNC(=O)c3csc([N+](=O)[O-])c3)cc2)C1. The van der Waals surface area contributed by atoms with Gasteiger partial charge in [-0.2, -0.15) is 0 Å². The molecule has 1 fully saturated rings. The van der Waals surface area contributed by atoms with E-state index in [2.05, 4.69) is 29.3 Å². The Hall–Kier alpha value is -2.25. The molecular weight excluding hydrogens is 350 g/mol. The molecule has 0 saturated carbocycles. The van der Waals surface area contributed by atoms with Crippen LogP contribution in [0.15, 0.2) is 35.7 Å². The Morgan fingerprint density at radius 3 is 2.73 bits per heavy atom. The molecule has 1 N–H and O–H groups in total. The summed E-state index contributed by atoms with van der Waals surface area (Å²) in [6.45, 7) is 6.00. The molecule has 0 radical (unpaired) electrons. The maximum Gasteiger partial charge on any atom is 0.324 e. The van der Waals surface area contributed by atoms with Gasteiger partial charge in [-0.3, -0.25) is 19.8 Å². The highest BCUT2D eigenvalue weighted by atomic mass is 32.1. The van der Waals surface area contributed by atoms with Crippen molar-refractivity contribution in [2.45, 2.75) is 32.9 Å². The van der Waals surface area contributed by atoms with Gasteiger partial charge in [-0.15, -0.1) is 0 Å². The monoisotopic (exact) mass is 373 g/mol. The van der Waals surface area contributed by atoms with Gasteiger partial charge in [0.15, 0.2) is 0 Å². The predicted molar refractivity (Wildman–Crippen MR) is 102 cm³/mol. The topological polar surface area (TPSA) is 75.5 Å². The molecule has 138 valence electrons. The number of hydrogen-bond acceptors (Lipinski definition) is 5. The van der Waals surface area contributed by atoms with Gasteiger partial charge in [-0.25, -0.2) is 0 Å². The molecule has 1 unspecified atom stereocenters. The summed E-state index contributed by atoms with van der Waals surface area (Å²) in [7, 11) is 0. The minimum atomic E-state index is -0.483. The van der Waals surface area contributed by atoms with E-state index in [9.17, 15) is 14.9 Å². The Balaban J connectivity index is 1.50. The Bertz CT molecular complexity index is 773. The van der Waals surface area contributed by atoms with Crippen LogP contribution in [0.5, 0.6) is 0 Å². The van der Waals surface area contributed by atoms with Gasteiger partial charge in [-0.1, -0.05) is 42.5 Å². The zero-order valence-corrected chi connectivity index (χ0v) is 15.6. The van der Waals surface area contributed by atoms with E-state index in [1.54, 1.807) is 0 Å². The molecule has 1 amide bonds. The maximum absolute atomic E-state index is 12.1. The lowest BCUT2D eigenvalue weighted by atomic mass is 9.99. The minimum absolute atomic E-state index is 0.0217. The minimum Gasteiger partial charge on any atom is -0.348 e. The van der Waals surface area contributed by atoms with Gasteiger partial charge in [0.2, 0.25) is 0 Å². The fourth-order valence-electron chi connectivity index (χ4n) is 3.28. The summed E-state index contributed by atoms with van der Waals surface area (Å²) in [5.74, 6) is 0.479. The fourth-order valence-corrected chi connectivity index (χ4v) is 3.98. The zero-order chi connectivity index (χ0) is 18.5. The molecule has 1 saturated heterocycles. The van der Waals surface area contributed by atoms with Crippen molar-refractivity contribution < 1.29 is 9.72 Å².